The van der Waals surface area contributed by atoms with Gasteiger partial charge in [-0.25, -0.2) is 0 Å². The van der Waals surface area contributed by atoms with Crippen molar-refractivity contribution in [2.75, 3.05) is 47.5 Å². The molecule has 0 radical (unpaired) electrons. The molecule has 0 aromatic heterocycles. The zero-order valence-electron chi connectivity index (χ0n) is 37.3. The predicted octanol–water partition coefficient (Wildman–Crippen LogP) is 12.4. The topological polar surface area (TPSA) is 111 Å². The van der Waals surface area contributed by atoms with Crippen LogP contribution < -0.4 is 4.89 Å². The van der Waals surface area contributed by atoms with Gasteiger partial charge in [0.2, 0.25) is 0 Å². The van der Waals surface area contributed by atoms with Crippen LogP contribution in [0.5, 0.6) is 0 Å². The summed E-state index contributed by atoms with van der Waals surface area (Å²) in [6.07, 6.45) is 45.6. The Morgan fingerprint density at radius 1 is 0.561 bits per heavy atom. The standard InChI is InChI=1S/C47H86NO8P/c1-6-8-10-12-14-16-18-20-22-23-24-26-27-29-31-33-35-37-39-46(49)53-43-45(44-55-57(51,52)54-42-41-48(3,4)5)56-47(50)40-38-36-34-32-30-28-25-21-19-17-15-13-11-9-7-2/h9,11,15,17,21-23,25,45H,6-8,10,12-14,16,18-20,24,26-44H2,1-5H3/b11-9-,17-15-,23-22-,25-21-. The minimum Gasteiger partial charge on any atom is -0.756 e. The smallest absolute Gasteiger partial charge is 0.306 e. The summed E-state index contributed by atoms with van der Waals surface area (Å²) in [4.78, 5) is 37.6. The van der Waals surface area contributed by atoms with Gasteiger partial charge < -0.3 is 27.9 Å². The summed E-state index contributed by atoms with van der Waals surface area (Å²) >= 11 is 0. The van der Waals surface area contributed by atoms with Crippen LogP contribution in [0.1, 0.15) is 187 Å². The van der Waals surface area contributed by atoms with Crippen LogP contribution in [0.3, 0.4) is 0 Å². The number of ether oxygens (including phenoxy) is 2. The average Bonchev–Trinajstić information content (AvgIpc) is 3.16. The van der Waals surface area contributed by atoms with Crippen molar-refractivity contribution in [2.24, 2.45) is 0 Å². The van der Waals surface area contributed by atoms with E-state index >= 15 is 0 Å². The van der Waals surface area contributed by atoms with Gasteiger partial charge in [-0.05, 0) is 70.6 Å². The maximum Gasteiger partial charge on any atom is 0.306 e. The van der Waals surface area contributed by atoms with Gasteiger partial charge in [-0.15, -0.1) is 0 Å². The molecule has 0 heterocycles. The number of hydrogen-bond donors (Lipinski definition) is 0. The highest BCUT2D eigenvalue weighted by Crippen LogP contribution is 2.38. The van der Waals surface area contributed by atoms with Gasteiger partial charge in [0.1, 0.15) is 19.8 Å². The van der Waals surface area contributed by atoms with E-state index in [1.165, 1.54) is 70.6 Å². The van der Waals surface area contributed by atoms with Crippen LogP contribution in [-0.4, -0.2) is 70.0 Å². The van der Waals surface area contributed by atoms with Crippen molar-refractivity contribution in [1.82, 2.24) is 0 Å². The lowest BCUT2D eigenvalue weighted by Gasteiger charge is -2.28. The first-order valence-electron chi connectivity index (χ1n) is 22.8. The van der Waals surface area contributed by atoms with E-state index in [1.807, 2.05) is 21.1 Å². The molecular weight excluding hydrogens is 737 g/mol. The second-order valence-electron chi connectivity index (χ2n) is 16.4. The van der Waals surface area contributed by atoms with Crippen LogP contribution in [0.2, 0.25) is 0 Å². The van der Waals surface area contributed by atoms with Gasteiger partial charge in [-0.3, -0.25) is 14.2 Å². The third-order valence-corrected chi connectivity index (χ3v) is 10.5. The second-order valence-corrected chi connectivity index (χ2v) is 17.8. The van der Waals surface area contributed by atoms with Crippen molar-refractivity contribution in [3.05, 3.63) is 48.6 Å². The monoisotopic (exact) mass is 824 g/mol. The Morgan fingerprint density at radius 3 is 1.51 bits per heavy atom. The Kier molecular flexibility index (Phi) is 38.0. The zero-order valence-corrected chi connectivity index (χ0v) is 38.2. The number of unbranched alkanes of at least 4 members (excludes halogenated alkanes) is 19. The molecule has 0 aromatic carbocycles. The molecule has 10 heteroatoms. The van der Waals surface area contributed by atoms with Gasteiger partial charge >= 0.3 is 11.9 Å². The molecule has 0 saturated carbocycles. The van der Waals surface area contributed by atoms with Crippen LogP contribution in [0.4, 0.5) is 0 Å². The van der Waals surface area contributed by atoms with E-state index in [4.69, 9.17) is 18.5 Å². The van der Waals surface area contributed by atoms with Gasteiger partial charge in [-0.1, -0.05) is 152 Å². The second kappa shape index (κ2) is 39.4. The summed E-state index contributed by atoms with van der Waals surface area (Å²) in [6, 6.07) is 0. The summed E-state index contributed by atoms with van der Waals surface area (Å²) in [5.74, 6) is -0.859. The molecule has 0 aliphatic carbocycles. The van der Waals surface area contributed by atoms with Crippen LogP contribution in [-0.2, 0) is 32.7 Å². The molecule has 0 saturated heterocycles. The first kappa shape index (κ1) is 55.0. The van der Waals surface area contributed by atoms with Gasteiger partial charge in [0, 0.05) is 12.8 Å². The van der Waals surface area contributed by atoms with Crippen molar-refractivity contribution in [2.45, 2.75) is 193 Å². The largest absolute Gasteiger partial charge is 0.756 e. The number of nitrogens with zero attached hydrogens (tertiary/aromatic N) is 1. The number of allylic oxidation sites excluding steroid dienone is 8. The fraction of sp³-hybridized carbons (Fsp3) is 0.787. The quantitative estimate of drug-likeness (QED) is 0.0197. The van der Waals surface area contributed by atoms with Crippen molar-refractivity contribution >= 4 is 19.8 Å². The van der Waals surface area contributed by atoms with E-state index in [0.29, 0.717) is 17.4 Å². The SMILES string of the molecule is CC/C=C\C/C=C\C/C=C\CCCCCCCC(=O)OC(COC(=O)CCCCCCCCC/C=C\CCCCCCCCC)COP(=O)([O-])OCC[N+](C)(C)C. The highest BCUT2D eigenvalue weighted by atomic mass is 31.2. The average molecular weight is 824 g/mol. The molecule has 332 valence electrons. The van der Waals surface area contributed by atoms with Crippen molar-refractivity contribution in [3.63, 3.8) is 0 Å². The number of likely N-dealkylation sites (N-methyl/N-ethyl adjacent to an activating group) is 1. The number of phosphoric ester groups is 1. The van der Waals surface area contributed by atoms with Crippen LogP contribution >= 0.6 is 7.82 Å². The molecule has 57 heavy (non-hydrogen) atoms. The minimum absolute atomic E-state index is 0.0364. The number of phosphoric acid groups is 1. The molecule has 0 amide bonds. The first-order chi connectivity index (χ1) is 27.5. The van der Waals surface area contributed by atoms with Gasteiger partial charge in [-0.2, -0.15) is 0 Å². The summed E-state index contributed by atoms with van der Waals surface area (Å²) in [7, 11) is 1.15. The number of esters is 2. The Bertz CT molecular complexity index is 1110. The molecule has 0 fully saturated rings. The maximum absolute atomic E-state index is 12.7. The fourth-order valence-corrected chi connectivity index (χ4v) is 6.74. The van der Waals surface area contributed by atoms with E-state index in [1.54, 1.807) is 0 Å². The molecule has 0 rings (SSSR count). The maximum atomic E-state index is 12.7. The third kappa shape index (κ3) is 43.4. The van der Waals surface area contributed by atoms with E-state index in [-0.39, 0.29) is 26.1 Å². The molecule has 2 atom stereocenters. The van der Waals surface area contributed by atoms with Crippen molar-refractivity contribution < 1.29 is 42.1 Å². The van der Waals surface area contributed by atoms with Crippen molar-refractivity contribution in [1.29, 1.82) is 0 Å². The first-order valence-corrected chi connectivity index (χ1v) is 24.3. The summed E-state index contributed by atoms with van der Waals surface area (Å²) in [6.45, 7) is 4.09. The van der Waals surface area contributed by atoms with Gasteiger partial charge in [0.15, 0.2) is 6.10 Å². The fourth-order valence-electron chi connectivity index (χ4n) is 6.02. The highest BCUT2D eigenvalue weighted by Gasteiger charge is 2.21. The molecule has 0 aromatic rings. The number of quaternary nitrogens is 1. The van der Waals surface area contributed by atoms with Crippen LogP contribution in [0.25, 0.3) is 0 Å². The minimum atomic E-state index is -4.63. The molecule has 0 spiro atoms. The number of rotatable bonds is 41. The number of hydrogen-bond acceptors (Lipinski definition) is 8. The van der Waals surface area contributed by atoms with Crippen LogP contribution in [0.15, 0.2) is 48.6 Å². The lowest BCUT2D eigenvalue weighted by Crippen LogP contribution is -2.37. The van der Waals surface area contributed by atoms with Gasteiger partial charge in [0.25, 0.3) is 7.82 Å². The molecule has 0 aliphatic rings. The predicted molar refractivity (Wildman–Crippen MR) is 236 cm³/mol. The van der Waals surface area contributed by atoms with E-state index in [2.05, 4.69) is 62.5 Å². The Morgan fingerprint density at radius 2 is 1.00 bits per heavy atom. The third-order valence-electron chi connectivity index (χ3n) is 9.58. The Balaban J connectivity index is 4.35. The van der Waals surface area contributed by atoms with E-state index < -0.39 is 32.5 Å². The van der Waals surface area contributed by atoms with Crippen molar-refractivity contribution in [3.8, 4) is 0 Å². The molecule has 2 unspecified atom stereocenters. The normalized spacial score (nSPS) is 14.0. The lowest BCUT2D eigenvalue weighted by molar-refractivity contribution is -0.870. The number of carbonyl (C=O) groups is 2. The summed E-state index contributed by atoms with van der Waals surface area (Å²) in [5.41, 5.74) is 0. The summed E-state index contributed by atoms with van der Waals surface area (Å²) in [5, 5.41) is 0. The van der Waals surface area contributed by atoms with E-state index in [9.17, 15) is 19.0 Å². The summed E-state index contributed by atoms with van der Waals surface area (Å²) < 4.78 is 33.9. The number of carbonyl (C=O) groups excluding carboxylic acids is 2. The lowest BCUT2D eigenvalue weighted by atomic mass is 10.1. The van der Waals surface area contributed by atoms with E-state index in [0.717, 1.165) is 83.5 Å². The Labute approximate surface area is 350 Å². The van der Waals surface area contributed by atoms with Crippen LogP contribution in [0, 0.1) is 0 Å². The van der Waals surface area contributed by atoms with Gasteiger partial charge in [0.05, 0.1) is 27.7 Å². The molecule has 0 bridgehead atoms. The highest BCUT2D eigenvalue weighted by molar-refractivity contribution is 7.45. The molecule has 0 aliphatic heterocycles. The molecule has 0 N–H and O–H groups in total. The molecular formula is C47H86NO8P. The zero-order chi connectivity index (χ0) is 42.1. The Hall–Kier alpha value is -2.03. The molecule has 9 nitrogen and oxygen atoms in total.